The molecule has 0 saturated carbocycles. The SMILES string of the molecule is CS(=O)(=O)Nc1nccnc1CNc1nc(Nc2ccc3c(c2)CCNC3)ncc1F. The average molecular weight is 444 g/mol. The number of nitrogens with one attached hydrogen (secondary N) is 4. The third-order valence-corrected chi connectivity index (χ3v) is 5.14. The Morgan fingerprint density at radius 1 is 1.13 bits per heavy atom. The Morgan fingerprint density at radius 2 is 1.97 bits per heavy atom. The first kappa shape index (κ1) is 20.9. The molecule has 31 heavy (non-hydrogen) atoms. The van der Waals surface area contributed by atoms with Crippen molar-refractivity contribution in [2.45, 2.75) is 19.5 Å². The van der Waals surface area contributed by atoms with Crippen molar-refractivity contribution in [1.82, 2.24) is 25.3 Å². The van der Waals surface area contributed by atoms with Gasteiger partial charge in [-0.1, -0.05) is 6.07 Å². The van der Waals surface area contributed by atoms with Gasteiger partial charge in [-0.15, -0.1) is 0 Å². The van der Waals surface area contributed by atoms with Crippen molar-refractivity contribution >= 4 is 33.3 Å². The van der Waals surface area contributed by atoms with Gasteiger partial charge in [-0.05, 0) is 36.2 Å². The Hall–Kier alpha value is -3.38. The molecule has 2 aromatic heterocycles. The van der Waals surface area contributed by atoms with Crippen LogP contribution >= 0.6 is 0 Å². The number of hydrogen-bond donors (Lipinski definition) is 4. The van der Waals surface area contributed by atoms with E-state index in [1.54, 1.807) is 0 Å². The lowest BCUT2D eigenvalue weighted by molar-refractivity contribution is 0.606. The van der Waals surface area contributed by atoms with Crippen LogP contribution in [0.4, 0.5) is 27.7 Å². The molecule has 4 N–H and O–H groups in total. The largest absolute Gasteiger partial charge is 0.362 e. The predicted molar refractivity (Wildman–Crippen MR) is 115 cm³/mol. The number of nitrogens with zero attached hydrogens (tertiary/aromatic N) is 4. The minimum Gasteiger partial charge on any atom is -0.362 e. The van der Waals surface area contributed by atoms with Crippen LogP contribution in [0.5, 0.6) is 0 Å². The van der Waals surface area contributed by atoms with Crippen molar-refractivity contribution in [3.05, 3.63) is 59.4 Å². The zero-order valence-corrected chi connectivity index (χ0v) is 17.5. The molecule has 162 valence electrons. The number of halogens is 1. The maximum atomic E-state index is 14.2. The lowest BCUT2D eigenvalue weighted by Crippen LogP contribution is -2.23. The van der Waals surface area contributed by atoms with Gasteiger partial charge in [0, 0.05) is 24.6 Å². The van der Waals surface area contributed by atoms with Crippen molar-refractivity contribution < 1.29 is 12.8 Å². The molecule has 0 unspecified atom stereocenters. The van der Waals surface area contributed by atoms with E-state index >= 15 is 0 Å². The van der Waals surface area contributed by atoms with Crippen LogP contribution in [0.2, 0.25) is 0 Å². The third kappa shape index (κ3) is 5.41. The zero-order valence-electron chi connectivity index (χ0n) is 16.7. The van der Waals surface area contributed by atoms with Crippen LogP contribution in [0.1, 0.15) is 16.8 Å². The molecule has 0 saturated heterocycles. The summed E-state index contributed by atoms with van der Waals surface area (Å²) in [7, 11) is -3.53. The van der Waals surface area contributed by atoms with Crippen LogP contribution in [0.15, 0.2) is 36.8 Å². The fraction of sp³-hybridized carbons (Fsp3) is 0.263. The molecule has 12 heteroatoms. The molecule has 4 rings (SSSR count). The molecule has 0 radical (unpaired) electrons. The fourth-order valence-electron chi connectivity index (χ4n) is 3.16. The molecular weight excluding hydrogens is 423 g/mol. The Morgan fingerprint density at radius 3 is 2.81 bits per heavy atom. The normalized spacial score (nSPS) is 13.4. The van der Waals surface area contributed by atoms with Crippen LogP contribution in [0.3, 0.4) is 0 Å². The van der Waals surface area contributed by atoms with Crippen molar-refractivity contribution in [1.29, 1.82) is 0 Å². The molecule has 0 spiro atoms. The zero-order chi connectivity index (χ0) is 21.8. The maximum absolute atomic E-state index is 14.2. The molecule has 0 bridgehead atoms. The van der Waals surface area contributed by atoms with E-state index in [1.807, 2.05) is 18.2 Å². The van der Waals surface area contributed by atoms with Crippen LogP contribution in [0.25, 0.3) is 0 Å². The topological polar surface area (TPSA) is 134 Å². The molecular formula is C19H21FN8O2S. The minimum absolute atomic E-state index is 0.00487. The number of aromatic nitrogens is 4. The molecule has 1 aliphatic heterocycles. The third-order valence-electron chi connectivity index (χ3n) is 4.57. The summed E-state index contributed by atoms with van der Waals surface area (Å²) in [5.74, 6) is -0.403. The van der Waals surface area contributed by atoms with Gasteiger partial charge >= 0.3 is 0 Å². The van der Waals surface area contributed by atoms with Gasteiger partial charge in [-0.25, -0.2) is 22.8 Å². The van der Waals surface area contributed by atoms with E-state index in [2.05, 4.69) is 40.6 Å². The van der Waals surface area contributed by atoms with Gasteiger partial charge in [-0.3, -0.25) is 9.71 Å². The van der Waals surface area contributed by atoms with Gasteiger partial charge < -0.3 is 16.0 Å². The smallest absolute Gasteiger partial charge is 0.231 e. The fourth-order valence-corrected chi connectivity index (χ4v) is 3.68. The quantitative estimate of drug-likeness (QED) is 0.430. The van der Waals surface area contributed by atoms with Crippen LogP contribution < -0.4 is 20.7 Å². The molecule has 0 atom stereocenters. The summed E-state index contributed by atoms with van der Waals surface area (Å²) in [5.41, 5.74) is 3.61. The highest BCUT2D eigenvalue weighted by Crippen LogP contribution is 2.22. The highest BCUT2D eigenvalue weighted by atomic mass is 32.2. The molecule has 1 aliphatic rings. The van der Waals surface area contributed by atoms with E-state index in [9.17, 15) is 12.8 Å². The summed E-state index contributed by atoms with van der Waals surface area (Å²) >= 11 is 0. The average Bonchev–Trinajstić information content (AvgIpc) is 2.74. The van der Waals surface area contributed by atoms with E-state index in [-0.39, 0.29) is 24.1 Å². The summed E-state index contributed by atoms with van der Waals surface area (Å²) in [6.45, 7) is 1.77. The standard InChI is InChI=1S/C19H21FN8O2S/c1-31(29,30)28-18-16(22-6-7-23-18)11-24-17-15(20)10-25-19(27-17)26-14-3-2-13-9-21-5-4-12(13)8-14/h2-3,6-8,10,21H,4-5,9,11H2,1H3,(H,23,28)(H2,24,25,26,27). The second-order valence-corrected chi connectivity index (χ2v) is 8.75. The number of sulfonamides is 1. The maximum Gasteiger partial charge on any atom is 0.231 e. The summed E-state index contributed by atoms with van der Waals surface area (Å²) in [5, 5.41) is 9.24. The molecule has 3 heterocycles. The van der Waals surface area contributed by atoms with E-state index in [1.165, 1.54) is 23.5 Å². The number of fused-ring (bicyclic) bond motifs is 1. The van der Waals surface area contributed by atoms with Crippen molar-refractivity contribution in [2.75, 3.05) is 28.2 Å². The Bertz CT molecular complexity index is 1210. The number of benzene rings is 1. The monoisotopic (exact) mass is 444 g/mol. The molecule has 10 nitrogen and oxygen atoms in total. The van der Waals surface area contributed by atoms with E-state index < -0.39 is 15.8 Å². The second kappa shape index (κ2) is 8.78. The van der Waals surface area contributed by atoms with E-state index in [4.69, 9.17) is 0 Å². The Kier molecular flexibility index (Phi) is 5.91. The number of hydrogen-bond acceptors (Lipinski definition) is 9. The first-order valence-electron chi connectivity index (χ1n) is 9.51. The molecule has 0 fully saturated rings. The lowest BCUT2D eigenvalue weighted by atomic mass is 10.0. The highest BCUT2D eigenvalue weighted by Gasteiger charge is 2.13. The minimum atomic E-state index is -3.53. The van der Waals surface area contributed by atoms with Crippen LogP contribution in [-0.4, -0.2) is 41.2 Å². The van der Waals surface area contributed by atoms with Crippen molar-refractivity contribution in [3.8, 4) is 0 Å². The first-order chi connectivity index (χ1) is 14.9. The number of anilines is 4. The summed E-state index contributed by atoms with van der Waals surface area (Å²) in [6, 6.07) is 6.00. The van der Waals surface area contributed by atoms with Crippen molar-refractivity contribution in [3.63, 3.8) is 0 Å². The summed E-state index contributed by atoms with van der Waals surface area (Å²) < 4.78 is 39.5. The molecule has 0 aliphatic carbocycles. The number of rotatable bonds is 7. The molecule has 1 aromatic carbocycles. The lowest BCUT2D eigenvalue weighted by Gasteiger charge is -2.18. The van der Waals surface area contributed by atoms with Gasteiger partial charge in [-0.2, -0.15) is 4.98 Å². The van der Waals surface area contributed by atoms with Gasteiger partial charge in [0.25, 0.3) is 0 Å². The first-order valence-corrected chi connectivity index (χ1v) is 11.4. The van der Waals surface area contributed by atoms with Crippen LogP contribution in [-0.2, 0) is 29.5 Å². The van der Waals surface area contributed by atoms with Crippen LogP contribution in [0, 0.1) is 5.82 Å². The second-order valence-electron chi connectivity index (χ2n) is 7.00. The van der Waals surface area contributed by atoms with Gasteiger partial charge in [0.2, 0.25) is 16.0 Å². The predicted octanol–water partition coefficient (Wildman–Crippen LogP) is 1.78. The van der Waals surface area contributed by atoms with Gasteiger partial charge in [0.05, 0.1) is 19.0 Å². The van der Waals surface area contributed by atoms with Gasteiger partial charge in [0.15, 0.2) is 17.5 Å². The van der Waals surface area contributed by atoms with Crippen molar-refractivity contribution in [2.24, 2.45) is 0 Å². The Balaban J connectivity index is 1.49. The molecule has 3 aromatic rings. The molecule has 0 amide bonds. The summed E-state index contributed by atoms with van der Waals surface area (Å²) in [6.07, 6.45) is 5.78. The van der Waals surface area contributed by atoms with E-state index in [0.717, 1.165) is 37.7 Å². The highest BCUT2D eigenvalue weighted by molar-refractivity contribution is 7.92. The Labute approximate surface area is 178 Å². The van der Waals surface area contributed by atoms with E-state index in [0.29, 0.717) is 5.69 Å². The van der Waals surface area contributed by atoms with Gasteiger partial charge in [0.1, 0.15) is 5.69 Å². The summed E-state index contributed by atoms with van der Waals surface area (Å²) in [4.78, 5) is 16.3.